The lowest BCUT2D eigenvalue weighted by Crippen LogP contribution is -2.46. The standard InChI is InChI=1S/C39H79N2O6P/c1-6-8-10-12-14-16-18-20-21-23-25-27-29-31-33-39(43)40-37(36-47-48(44,45)46-35-34-41(3,4)5)38(42)32-30-28-26-24-22-19-17-15-13-11-9-7-2/h22,24,37-38,42H,6-21,23,25-36H2,1-5H3,(H-,40,43,44,45)/b24-22+/t37-,38+/m0/s1. The van der Waals surface area contributed by atoms with E-state index in [1.165, 1.54) is 109 Å². The number of unbranched alkanes of at least 4 members (excludes halogenated alkanes) is 21. The van der Waals surface area contributed by atoms with Crippen molar-refractivity contribution in [2.45, 2.75) is 193 Å². The van der Waals surface area contributed by atoms with E-state index in [9.17, 15) is 19.4 Å². The van der Waals surface area contributed by atoms with Crippen molar-refractivity contribution in [3.8, 4) is 0 Å². The van der Waals surface area contributed by atoms with Crippen molar-refractivity contribution in [3.05, 3.63) is 12.2 Å². The molecule has 0 bridgehead atoms. The van der Waals surface area contributed by atoms with E-state index in [0.29, 0.717) is 23.9 Å². The van der Waals surface area contributed by atoms with E-state index >= 15 is 0 Å². The van der Waals surface area contributed by atoms with Gasteiger partial charge in [-0.25, -0.2) is 0 Å². The number of allylic oxidation sites excluding steroid dienone is 2. The molecule has 0 spiro atoms. The predicted molar refractivity (Wildman–Crippen MR) is 201 cm³/mol. The highest BCUT2D eigenvalue weighted by molar-refractivity contribution is 7.45. The van der Waals surface area contributed by atoms with Gasteiger partial charge in [0, 0.05) is 6.42 Å². The molecule has 0 aliphatic heterocycles. The maximum absolute atomic E-state index is 12.8. The lowest BCUT2D eigenvalue weighted by Gasteiger charge is -2.30. The highest BCUT2D eigenvalue weighted by atomic mass is 31.2. The van der Waals surface area contributed by atoms with Crippen LogP contribution in [0.3, 0.4) is 0 Å². The van der Waals surface area contributed by atoms with E-state index in [1.54, 1.807) is 0 Å². The fourth-order valence-electron chi connectivity index (χ4n) is 5.74. The summed E-state index contributed by atoms with van der Waals surface area (Å²) in [5.74, 6) is -0.175. The number of hydrogen-bond donors (Lipinski definition) is 2. The minimum absolute atomic E-state index is 0.00928. The first-order valence-corrected chi connectivity index (χ1v) is 21.5. The molecule has 1 amide bonds. The van der Waals surface area contributed by atoms with Crippen molar-refractivity contribution < 1.29 is 32.9 Å². The fraction of sp³-hybridized carbons (Fsp3) is 0.923. The molecule has 48 heavy (non-hydrogen) atoms. The maximum atomic E-state index is 12.8. The van der Waals surface area contributed by atoms with Gasteiger partial charge in [0.25, 0.3) is 7.82 Å². The van der Waals surface area contributed by atoms with E-state index in [2.05, 4.69) is 31.3 Å². The molecule has 2 N–H and O–H groups in total. The van der Waals surface area contributed by atoms with Crippen molar-refractivity contribution in [2.24, 2.45) is 0 Å². The number of hydrogen-bond acceptors (Lipinski definition) is 6. The van der Waals surface area contributed by atoms with Crippen LogP contribution in [0, 0.1) is 0 Å². The number of aliphatic hydroxyl groups excluding tert-OH is 1. The van der Waals surface area contributed by atoms with Gasteiger partial charge in [0.2, 0.25) is 5.91 Å². The molecule has 0 fully saturated rings. The van der Waals surface area contributed by atoms with Crippen LogP contribution < -0.4 is 10.2 Å². The number of rotatable bonds is 36. The van der Waals surface area contributed by atoms with E-state index in [1.807, 2.05) is 21.1 Å². The third-order valence-corrected chi connectivity index (χ3v) is 9.97. The molecule has 3 atom stereocenters. The summed E-state index contributed by atoms with van der Waals surface area (Å²) in [6.45, 7) is 4.67. The third-order valence-electron chi connectivity index (χ3n) is 9.00. The number of nitrogens with one attached hydrogen (secondary N) is 1. The molecule has 0 saturated heterocycles. The Morgan fingerprint density at radius 3 is 1.62 bits per heavy atom. The second-order valence-corrected chi connectivity index (χ2v) is 16.4. The number of amides is 1. The zero-order valence-electron chi connectivity index (χ0n) is 32.2. The lowest BCUT2D eigenvalue weighted by atomic mass is 10.0. The van der Waals surface area contributed by atoms with Crippen LogP contribution in [0.1, 0.15) is 181 Å². The number of carbonyl (C=O) groups is 1. The molecule has 8 nitrogen and oxygen atoms in total. The van der Waals surface area contributed by atoms with Gasteiger partial charge in [-0.2, -0.15) is 0 Å². The first-order chi connectivity index (χ1) is 23.0. The summed E-state index contributed by atoms with van der Waals surface area (Å²) in [5.41, 5.74) is 0. The van der Waals surface area contributed by atoms with Gasteiger partial charge in [0.05, 0.1) is 39.9 Å². The molecule has 9 heteroatoms. The summed E-state index contributed by atoms with van der Waals surface area (Å²) in [6, 6.07) is -0.809. The number of aliphatic hydroxyl groups is 1. The Labute approximate surface area is 297 Å². The van der Waals surface area contributed by atoms with Crippen LogP contribution in [-0.4, -0.2) is 68.5 Å². The zero-order chi connectivity index (χ0) is 35.8. The van der Waals surface area contributed by atoms with Gasteiger partial charge in [0.1, 0.15) is 13.2 Å². The molecular formula is C39H79N2O6P. The quantitative estimate of drug-likeness (QED) is 0.0291. The minimum Gasteiger partial charge on any atom is -0.756 e. The summed E-state index contributed by atoms with van der Waals surface area (Å²) in [5, 5.41) is 13.8. The van der Waals surface area contributed by atoms with Crippen molar-refractivity contribution in [3.63, 3.8) is 0 Å². The van der Waals surface area contributed by atoms with Gasteiger partial charge in [-0.15, -0.1) is 0 Å². The maximum Gasteiger partial charge on any atom is 0.268 e. The van der Waals surface area contributed by atoms with Crippen LogP contribution in [0.15, 0.2) is 12.2 Å². The van der Waals surface area contributed by atoms with E-state index in [0.717, 1.165) is 44.9 Å². The number of quaternary nitrogens is 1. The molecular weight excluding hydrogens is 623 g/mol. The van der Waals surface area contributed by atoms with Gasteiger partial charge in [0.15, 0.2) is 0 Å². The third kappa shape index (κ3) is 33.7. The van der Waals surface area contributed by atoms with Gasteiger partial charge in [-0.3, -0.25) is 9.36 Å². The summed E-state index contributed by atoms with van der Waals surface area (Å²) < 4.78 is 23.1. The van der Waals surface area contributed by atoms with Crippen molar-refractivity contribution in [2.75, 3.05) is 40.9 Å². The zero-order valence-corrected chi connectivity index (χ0v) is 33.1. The summed E-state index contributed by atoms with van der Waals surface area (Å²) >= 11 is 0. The largest absolute Gasteiger partial charge is 0.756 e. The molecule has 0 heterocycles. The summed E-state index contributed by atoms with van der Waals surface area (Å²) in [6.07, 6.45) is 33.5. The smallest absolute Gasteiger partial charge is 0.268 e. The highest BCUT2D eigenvalue weighted by Gasteiger charge is 2.24. The Balaban J connectivity index is 4.46. The van der Waals surface area contributed by atoms with Gasteiger partial charge in [-0.1, -0.05) is 148 Å². The molecule has 286 valence electrons. The van der Waals surface area contributed by atoms with Crippen LogP contribution in [0.5, 0.6) is 0 Å². The average Bonchev–Trinajstić information content (AvgIpc) is 3.02. The molecule has 0 aromatic carbocycles. The van der Waals surface area contributed by atoms with Crippen molar-refractivity contribution >= 4 is 13.7 Å². The number of likely N-dealkylation sites (N-methyl/N-ethyl adjacent to an activating group) is 1. The Morgan fingerprint density at radius 1 is 0.708 bits per heavy atom. The molecule has 0 aromatic heterocycles. The van der Waals surface area contributed by atoms with Crippen LogP contribution in [0.4, 0.5) is 0 Å². The lowest BCUT2D eigenvalue weighted by molar-refractivity contribution is -0.870. The van der Waals surface area contributed by atoms with Crippen molar-refractivity contribution in [1.29, 1.82) is 0 Å². The average molecular weight is 703 g/mol. The molecule has 0 rings (SSSR count). The van der Waals surface area contributed by atoms with Gasteiger partial charge < -0.3 is 28.8 Å². The van der Waals surface area contributed by atoms with Crippen molar-refractivity contribution in [1.82, 2.24) is 5.32 Å². The Kier molecular flexibility index (Phi) is 31.7. The van der Waals surface area contributed by atoms with Crippen LogP contribution in [-0.2, 0) is 18.4 Å². The van der Waals surface area contributed by atoms with Gasteiger partial charge >= 0.3 is 0 Å². The SMILES string of the molecule is CCCCCCCC/C=C/CCCC[C@@H](O)[C@H](COP(=O)([O-])OCC[N+](C)(C)C)NC(=O)CCCCCCCCCCCCCCCC. The molecule has 0 aromatic rings. The predicted octanol–water partition coefficient (Wildman–Crippen LogP) is 9.78. The monoisotopic (exact) mass is 703 g/mol. The molecule has 0 radical (unpaired) electrons. The Bertz CT molecular complexity index is 804. The normalized spacial score (nSPS) is 14.7. The Hall–Kier alpha value is -0.760. The molecule has 1 unspecified atom stereocenters. The second-order valence-electron chi connectivity index (χ2n) is 15.0. The second kappa shape index (κ2) is 32.2. The number of carbonyl (C=O) groups excluding carboxylic acids is 1. The number of phosphoric acid groups is 1. The van der Waals surface area contributed by atoms with Crippen LogP contribution in [0.25, 0.3) is 0 Å². The first-order valence-electron chi connectivity index (χ1n) is 20.0. The molecule has 0 saturated carbocycles. The van der Waals surface area contributed by atoms with Crippen LogP contribution >= 0.6 is 7.82 Å². The fourth-order valence-corrected chi connectivity index (χ4v) is 6.46. The topological polar surface area (TPSA) is 108 Å². The molecule has 0 aliphatic carbocycles. The van der Waals surface area contributed by atoms with E-state index in [-0.39, 0.29) is 19.1 Å². The van der Waals surface area contributed by atoms with E-state index < -0.39 is 20.0 Å². The first kappa shape index (κ1) is 47.2. The number of nitrogens with zero attached hydrogens (tertiary/aromatic N) is 1. The summed E-state index contributed by atoms with van der Waals surface area (Å²) in [4.78, 5) is 25.2. The minimum atomic E-state index is -4.56. The highest BCUT2D eigenvalue weighted by Crippen LogP contribution is 2.38. The Morgan fingerprint density at radius 2 is 1.15 bits per heavy atom. The van der Waals surface area contributed by atoms with Gasteiger partial charge in [-0.05, 0) is 38.5 Å². The van der Waals surface area contributed by atoms with E-state index in [4.69, 9.17) is 9.05 Å². The number of phosphoric ester groups is 1. The molecule has 0 aliphatic rings. The van der Waals surface area contributed by atoms with Crippen LogP contribution in [0.2, 0.25) is 0 Å². The summed E-state index contributed by atoms with van der Waals surface area (Å²) in [7, 11) is 1.29.